The summed E-state index contributed by atoms with van der Waals surface area (Å²) in [6.45, 7) is 1.23. The molecule has 2 heteroatoms. The summed E-state index contributed by atoms with van der Waals surface area (Å²) < 4.78 is 0. The average Bonchev–Trinajstić information content (AvgIpc) is 2.01. The van der Waals surface area contributed by atoms with Gasteiger partial charge in [0, 0.05) is 5.88 Å². The van der Waals surface area contributed by atoms with E-state index in [9.17, 15) is 0 Å². The van der Waals surface area contributed by atoms with Gasteiger partial charge in [0.1, 0.15) is 0 Å². The first-order chi connectivity index (χ1) is 5.00. The summed E-state index contributed by atoms with van der Waals surface area (Å²) in [6.07, 6.45) is 7.12. The van der Waals surface area contributed by atoms with Crippen molar-refractivity contribution in [1.82, 2.24) is 5.32 Å². The summed E-state index contributed by atoms with van der Waals surface area (Å²) in [5, 5.41) is 3.42. The quantitative estimate of drug-likeness (QED) is 0.581. The van der Waals surface area contributed by atoms with Crippen molar-refractivity contribution in [3.63, 3.8) is 0 Å². The molecule has 1 aliphatic heterocycles. The summed E-state index contributed by atoms with van der Waals surface area (Å²) in [5.74, 6) is 2.52. The second-order valence-corrected chi connectivity index (χ2v) is 3.93. The molecule has 0 bridgehead atoms. The van der Waals surface area contributed by atoms with E-state index < -0.39 is 0 Å². The molecule has 0 spiro atoms. The summed E-state index contributed by atoms with van der Waals surface area (Å²) >= 11 is 2.04. The van der Waals surface area contributed by atoms with Gasteiger partial charge < -0.3 is 5.32 Å². The van der Waals surface area contributed by atoms with Gasteiger partial charge in [-0.2, -0.15) is 0 Å². The van der Waals surface area contributed by atoms with Crippen LogP contribution >= 0.6 is 11.8 Å². The van der Waals surface area contributed by atoms with Gasteiger partial charge in [-0.25, -0.2) is 0 Å². The van der Waals surface area contributed by atoms with Gasteiger partial charge in [0.15, 0.2) is 0 Å². The maximum absolute atomic E-state index is 3.42. The van der Waals surface area contributed by atoms with Crippen LogP contribution in [0.15, 0.2) is 0 Å². The van der Waals surface area contributed by atoms with Crippen LogP contribution in [-0.4, -0.2) is 18.2 Å². The molecule has 0 unspecified atom stereocenters. The number of rotatable bonds is 0. The number of nitrogens with one attached hydrogen (secondary N) is 1. The smallest absolute Gasteiger partial charge is 0.0417 e. The van der Waals surface area contributed by atoms with E-state index in [0.29, 0.717) is 0 Å². The molecule has 10 heavy (non-hydrogen) atoms. The van der Waals surface area contributed by atoms with Gasteiger partial charge in [0.2, 0.25) is 0 Å². The van der Waals surface area contributed by atoms with Crippen molar-refractivity contribution in [1.29, 1.82) is 0 Å². The van der Waals surface area contributed by atoms with Gasteiger partial charge in [0.25, 0.3) is 0 Å². The Morgan fingerprint density at radius 1 is 0.900 bits per heavy atom. The second kappa shape index (κ2) is 6.05. The molecule has 1 nitrogen and oxygen atoms in total. The average molecular weight is 159 g/mol. The van der Waals surface area contributed by atoms with Gasteiger partial charge >= 0.3 is 0 Å². The number of hydrogen-bond acceptors (Lipinski definition) is 2. The molecule has 60 valence electrons. The van der Waals surface area contributed by atoms with Crippen LogP contribution in [0, 0.1) is 0 Å². The molecule has 0 aliphatic carbocycles. The zero-order valence-corrected chi connectivity index (χ0v) is 7.38. The Morgan fingerprint density at radius 3 is 2.70 bits per heavy atom. The summed E-state index contributed by atoms with van der Waals surface area (Å²) in [6, 6.07) is 0. The summed E-state index contributed by atoms with van der Waals surface area (Å²) in [5.41, 5.74) is 0. The molecule has 0 atom stereocenters. The molecular weight excluding hydrogens is 142 g/mol. The molecule has 1 N–H and O–H groups in total. The summed E-state index contributed by atoms with van der Waals surface area (Å²) in [7, 11) is 0. The van der Waals surface area contributed by atoms with Crippen LogP contribution < -0.4 is 5.32 Å². The third-order valence-corrected chi connectivity index (χ3v) is 2.83. The summed E-state index contributed by atoms with van der Waals surface area (Å²) in [4.78, 5) is 0. The molecule has 1 heterocycles. The zero-order valence-electron chi connectivity index (χ0n) is 6.57. The largest absolute Gasteiger partial charge is 0.308 e. The van der Waals surface area contributed by atoms with Gasteiger partial charge in [-0.05, 0) is 25.1 Å². The third kappa shape index (κ3) is 4.18. The Kier molecular flexibility index (Phi) is 5.08. The molecule has 0 aromatic rings. The number of hydrogen-bond donors (Lipinski definition) is 1. The van der Waals surface area contributed by atoms with Crippen LogP contribution in [0.25, 0.3) is 0 Å². The maximum Gasteiger partial charge on any atom is 0.0417 e. The fraction of sp³-hybridized carbons (Fsp3) is 1.00. The van der Waals surface area contributed by atoms with Crippen LogP contribution in [0.1, 0.15) is 32.1 Å². The zero-order chi connectivity index (χ0) is 7.07. The lowest BCUT2D eigenvalue weighted by Crippen LogP contribution is -2.15. The van der Waals surface area contributed by atoms with Gasteiger partial charge in [-0.1, -0.05) is 19.3 Å². The molecule has 0 radical (unpaired) electrons. The fourth-order valence-electron chi connectivity index (χ4n) is 1.20. The van der Waals surface area contributed by atoms with Gasteiger partial charge in [-0.15, -0.1) is 11.8 Å². The highest BCUT2D eigenvalue weighted by Crippen LogP contribution is 2.09. The molecule has 0 saturated carbocycles. The normalized spacial score (nSPS) is 24.0. The molecule has 0 amide bonds. The van der Waals surface area contributed by atoms with E-state index in [1.807, 2.05) is 11.8 Å². The minimum absolute atomic E-state index is 1.17. The van der Waals surface area contributed by atoms with E-state index in [2.05, 4.69) is 5.32 Å². The molecule has 1 saturated heterocycles. The topological polar surface area (TPSA) is 12.0 Å². The Balaban J connectivity index is 2.00. The predicted octanol–water partition coefficient (Wildman–Crippen LogP) is 2.23. The second-order valence-electron chi connectivity index (χ2n) is 2.82. The van der Waals surface area contributed by atoms with Crippen LogP contribution in [0.3, 0.4) is 0 Å². The first kappa shape index (κ1) is 8.41. The minimum Gasteiger partial charge on any atom is -0.308 e. The van der Waals surface area contributed by atoms with Crippen LogP contribution in [0.2, 0.25) is 0 Å². The first-order valence-corrected chi connectivity index (χ1v) is 5.44. The van der Waals surface area contributed by atoms with Crippen molar-refractivity contribution in [2.24, 2.45) is 0 Å². The van der Waals surface area contributed by atoms with E-state index >= 15 is 0 Å². The van der Waals surface area contributed by atoms with Crippen LogP contribution in [-0.2, 0) is 0 Å². The fourth-order valence-corrected chi connectivity index (χ4v) is 2.04. The van der Waals surface area contributed by atoms with Crippen molar-refractivity contribution in [2.75, 3.05) is 18.2 Å². The van der Waals surface area contributed by atoms with Crippen molar-refractivity contribution in [2.45, 2.75) is 32.1 Å². The molecule has 0 aromatic carbocycles. The Labute approximate surface area is 68.0 Å². The van der Waals surface area contributed by atoms with E-state index in [-0.39, 0.29) is 0 Å². The highest BCUT2D eigenvalue weighted by molar-refractivity contribution is 7.99. The van der Waals surface area contributed by atoms with E-state index in [1.54, 1.807) is 0 Å². The van der Waals surface area contributed by atoms with Crippen LogP contribution in [0.5, 0.6) is 0 Å². The molecule has 1 aliphatic rings. The highest BCUT2D eigenvalue weighted by Gasteiger charge is 1.94. The minimum atomic E-state index is 1.17. The Morgan fingerprint density at radius 2 is 1.70 bits per heavy atom. The monoisotopic (exact) mass is 159 g/mol. The van der Waals surface area contributed by atoms with E-state index in [0.717, 1.165) is 0 Å². The van der Waals surface area contributed by atoms with Crippen molar-refractivity contribution >= 4 is 11.8 Å². The lowest BCUT2D eigenvalue weighted by atomic mass is 10.1. The Bertz CT molecular complexity index is 42.4. The molecule has 1 fully saturated rings. The lowest BCUT2D eigenvalue weighted by molar-refractivity contribution is 0.603. The SMILES string of the molecule is C1CCCNCSCCC1. The van der Waals surface area contributed by atoms with Gasteiger partial charge in [0.05, 0.1) is 0 Å². The van der Waals surface area contributed by atoms with Gasteiger partial charge in [-0.3, -0.25) is 0 Å². The molecular formula is C8H17NS. The third-order valence-electron chi connectivity index (χ3n) is 1.85. The van der Waals surface area contributed by atoms with Crippen LogP contribution in [0.4, 0.5) is 0 Å². The Hall–Kier alpha value is 0.310. The van der Waals surface area contributed by atoms with E-state index in [1.165, 1.54) is 50.3 Å². The van der Waals surface area contributed by atoms with Crippen molar-refractivity contribution in [3.05, 3.63) is 0 Å². The molecule has 1 rings (SSSR count). The first-order valence-electron chi connectivity index (χ1n) is 4.28. The van der Waals surface area contributed by atoms with E-state index in [4.69, 9.17) is 0 Å². The lowest BCUT2D eigenvalue weighted by Gasteiger charge is -2.07. The number of thioether (sulfide) groups is 1. The van der Waals surface area contributed by atoms with Crippen molar-refractivity contribution in [3.8, 4) is 0 Å². The molecule has 0 aromatic heterocycles. The van der Waals surface area contributed by atoms with Crippen molar-refractivity contribution < 1.29 is 0 Å². The highest BCUT2D eigenvalue weighted by atomic mass is 32.2. The predicted molar refractivity (Wildman–Crippen MR) is 48.4 cm³/mol. The maximum atomic E-state index is 3.42. The standard InChI is InChI=1S/C8H17NS/c1-2-4-6-9-8-10-7-5-3-1/h9H,1-8H2.